The Labute approximate surface area is 202 Å². The Kier molecular flexibility index (Phi) is 8.74. The Morgan fingerprint density at radius 2 is 1.74 bits per heavy atom. The third-order valence-electron chi connectivity index (χ3n) is 3.83. The fourth-order valence-corrected chi connectivity index (χ4v) is 4.38. The van der Waals surface area contributed by atoms with E-state index in [1.165, 1.54) is 0 Å². The summed E-state index contributed by atoms with van der Waals surface area (Å²) in [4.78, 5) is 25.0. The average Bonchev–Trinajstić information content (AvgIpc) is 2.68. The van der Waals surface area contributed by atoms with Crippen molar-refractivity contribution in [2.45, 2.75) is 18.8 Å². The lowest BCUT2D eigenvalue weighted by Gasteiger charge is -2.19. The lowest BCUT2D eigenvalue weighted by molar-refractivity contribution is -0.274. The summed E-state index contributed by atoms with van der Waals surface area (Å²) in [6, 6.07) is 8.23. The van der Waals surface area contributed by atoms with E-state index in [1.807, 2.05) is 45.2 Å². The van der Waals surface area contributed by atoms with Gasteiger partial charge in [0.1, 0.15) is 24.1 Å². The summed E-state index contributed by atoms with van der Waals surface area (Å²) in [7, 11) is 0. The van der Waals surface area contributed by atoms with E-state index in [0.717, 1.165) is 24.3 Å². The smallest absolute Gasteiger partial charge is 0.506 e. The molecule has 2 aromatic carbocycles. The van der Waals surface area contributed by atoms with Crippen LogP contribution in [-0.2, 0) is 11.2 Å². The van der Waals surface area contributed by atoms with Gasteiger partial charge in [-0.3, -0.25) is 9.59 Å². The fraction of sp³-hybridized carbons (Fsp3) is 0.211. The number of nitriles is 1. The number of amides is 2. The molecule has 2 rings (SSSR count). The number of benzene rings is 2. The Morgan fingerprint density at radius 3 is 2.26 bits per heavy atom. The van der Waals surface area contributed by atoms with Crippen LogP contribution >= 0.6 is 45.2 Å². The Hall–Kier alpha value is -2.28. The molecule has 0 bridgehead atoms. The zero-order valence-electron chi connectivity index (χ0n) is 15.5. The van der Waals surface area contributed by atoms with Crippen molar-refractivity contribution in [3.8, 4) is 17.6 Å². The van der Waals surface area contributed by atoms with Crippen LogP contribution in [0, 0.1) is 18.5 Å². The second-order valence-corrected chi connectivity index (χ2v) is 8.41. The van der Waals surface area contributed by atoms with E-state index in [1.54, 1.807) is 18.2 Å². The number of nitrogens with one attached hydrogen (secondary N) is 2. The van der Waals surface area contributed by atoms with Gasteiger partial charge in [-0.2, -0.15) is 5.26 Å². The first kappa shape index (κ1) is 25.0. The van der Waals surface area contributed by atoms with Crippen LogP contribution in [-0.4, -0.2) is 35.9 Å². The van der Waals surface area contributed by atoms with Gasteiger partial charge in [-0.15, -0.1) is 13.2 Å². The van der Waals surface area contributed by atoms with Gasteiger partial charge in [0.2, 0.25) is 5.91 Å². The number of carbonyl (C=O) groups excluding carboxylic acids is 2. The minimum Gasteiger partial charge on any atom is -0.506 e. The van der Waals surface area contributed by atoms with Gasteiger partial charge < -0.3 is 20.5 Å². The van der Waals surface area contributed by atoms with Gasteiger partial charge in [-0.25, -0.2) is 0 Å². The fourth-order valence-electron chi connectivity index (χ4n) is 2.48. The predicted octanol–water partition coefficient (Wildman–Crippen LogP) is 3.48. The summed E-state index contributed by atoms with van der Waals surface area (Å²) in [6.07, 6.45) is -4.79. The standard InChI is InChI=1S/C19H14F3I2N3O4/c20-19(21,22)31-12-3-1-11(2-4-12)17(29)27-15(18(30)26-6-5-25)9-10-7-13(23)16(28)14(24)8-10/h1-4,7-8,15,28H,6,9H2,(H,26,30)(H,27,29). The Balaban J connectivity index is 2.19. The second-order valence-electron chi connectivity index (χ2n) is 6.09. The van der Waals surface area contributed by atoms with Crippen molar-refractivity contribution >= 4 is 57.0 Å². The molecule has 0 aliphatic rings. The van der Waals surface area contributed by atoms with E-state index in [2.05, 4.69) is 15.4 Å². The first-order chi connectivity index (χ1) is 14.5. The third-order valence-corrected chi connectivity index (χ3v) is 5.47. The lowest BCUT2D eigenvalue weighted by atomic mass is 10.0. The number of aromatic hydroxyl groups is 1. The van der Waals surface area contributed by atoms with Crippen LogP contribution in [0.5, 0.6) is 11.5 Å². The maximum absolute atomic E-state index is 12.5. The van der Waals surface area contributed by atoms with Crippen molar-refractivity contribution in [1.29, 1.82) is 5.26 Å². The molecule has 1 atom stereocenters. The molecule has 0 aliphatic carbocycles. The van der Waals surface area contributed by atoms with Gasteiger partial charge >= 0.3 is 6.36 Å². The third kappa shape index (κ3) is 7.73. The highest BCUT2D eigenvalue weighted by atomic mass is 127. The number of alkyl halides is 3. The van der Waals surface area contributed by atoms with Crippen molar-refractivity contribution in [3.05, 3.63) is 54.7 Å². The Morgan fingerprint density at radius 1 is 1.16 bits per heavy atom. The summed E-state index contributed by atoms with van der Waals surface area (Å²) in [5, 5.41) is 23.5. The van der Waals surface area contributed by atoms with Crippen molar-refractivity contribution in [3.63, 3.8) is 0 Å². The van der Waals surface area contributed by atoms with E-state index in [-0.39, 0.29) is 24.3 Å². The van der Waals surface area contributed by atoms with Crippen LogP contribution in [0.25, 0.3) is 0 Å². The molecule has 2 aromatic rings. The van der Waals surface area contributed by atoms with Crippen molar-refractivity contribution in [2.24, 2.45) is 0 Å². The highest BCUT2D eigenvalue weighted by molar-refractivity contribution is 14.1. The quantitative estimate of drug-likeness (QED) is 0.312. The zero-order chi connectivity index (χ0) is 23.2. The van der Waals surface area contributed by atoms with Crippen LogP contribution < -0.4 is 15.4 Å². The molecule has 12 heteroatoms. The van der Waals surface area contributed by atoms with E-state index in [9.17, 15) is 27.9 Å². The summed E-state index contributed by atoms with van der Waals surface area (Å²) in [6.45, 7) is -0.265. The van der Waals surface area contributed by atoms with E-state index < -0.39 is 30.0 Å². The number of halogens is 5. The number of ether oxygens (including phenoxy) is 1. The number of rotatable bonds is 7. The molecule has 3 N–H and O–H groups in total. The topological polar surface area (TPSA) is 111 Å². The normalized spacial score (nSPS) is 11.9. The molecule has 0 fully saturated rings. The second kappa shape index (κ2) is 10.8. The summed E-state index contributed by atoms with van der Waals surface area (Å²) < 4.78 is 41.7. The largest absolute Gasteiger partial charge is 0.573 e. The first-order valence-electron chi connectivity index (χ1n) is 8.48. The van der Waals surface area contributed by atoms with Gasteiger partial charge in [0.15, 0.2) is 0 Å². The summed E-state index contributed by atoms with van der Waals surface area (Å²) in [5.74, 6) is -1.69. The monoisotopic (exact) mass is 659 g/mol. The molecule has 0 saturated heterocycles. The average molecular weight is 659 g/mol. The maximum atomic E-state index is 12.5. The number of hydrogen-bond donors (Lipinski definition) is 3. The number of phenolic OH excluding ortho intramolecular Hbond substituents is 1. The van der Waals surface area contributed by atoms with Gasteiger partial charge in [0, 0.05) is 12.0 Å². The van der Waals surface area contributed by atoms with Crippen molar-refractivity contribution in [2.75, 3.05) is 6.54 Å². The van der Waals surface area contributed by atoms with E-state index in [0.29, 0.717) is 12.7 Å². The molecule has 0 radical (unpaired) electrons. The molecule has 2 amide bonds. The molecular weight excluding hydrogens is 645 g/mol. The highest BCUT2D eigenvalue weighted by Crippen LogP contribution is 2.28. The molecule has 0 spiro atoms. The zero-order valence-corrected chi connectivity index (χ0v) is 19.8. The molecule has 0 aromatic heterocycles. The van der Waals surface area contributed by atoms with Gasteiger partial charge in [-0.05, 0) is 87.1 Å². The van der Waals surface area contributed by atoms with Gasteiger partial charge in [0.25, 0.3) is 5.91 Å². The molecule has 31 heavy (non-hydrogen) atoms. The molecule has 7 nitrogen and oxygen atoms in total. The number of nitrogens with zero attached hydrogens (tertiary/aromatic N) is 1. The maximum Gasteiger partial charge on any atom is 0.573 e. The highest BCUT2D eigenvalue weighted by Gasteiger charge is 2.31. The lowest BCUT2D eigenvalue weighted by Crippen LogP contribution is -2.48. The molecule has 1 unspecified atom stereocenters. The Bertz CT molecular complexity index is 985. The minimum absolute atomic E-state index is 0.0162. The minimum atomic E-state index is -4.85. The number of phenols is 1. The van der Waals surface area contributed by atoms with Crippen molar-refractivity contribution < 1.29 is 32.6 Å². The van der Waals surface area contributed by atoms with Gasteiger partial charge in [-0.1, -0.05) is 0 Å². The van der Waals surface area contributed by atoms with E-state index in [4.69, 9.17) is 5.26 Å². The van der Waals surface area contributed by atoms with Crippen LogP contribution in [0.15, 0.2) is 36.4 Å². The van der Waals surface area contributed by atoms with E-state index >= 15 is 0 Å². The van der Waals surface area contributed by atoms with Crippen LogP contribution in [0.2, 0.25) is 0 Å². The van der Waals surface area contributed by atoms with Crippen LogP contribution in [0.3, 0.4) is 0 Å². The molecule has 0 aliphatic heterocycles. The molecule has 164 valence electrons. The molecular formula is C19H14F3I2N3O4. The number of hydrogen-bond acceptors (Lipinski definition) is 5. The van der Waals surface area contributed by atoms with Gasteiger partial charge in [0.05, 0.1) is 13.2 Å². The van der Waals surface area contributed by atoms with Crippen molar-refractivity contribution in [1.82, 2.24) is 10.6 Å². The summed E-state index contributed by atoms with van der Waals surface area (Å²) in [5.41, 5.74) is 0.667. The first-order valence-corrected chi connectivity index (χ1v) is 10.6. The number of carbonyl (C=O) groups is 2. The predicted molar refractivity (Wildman–Crippen MR) is 120 cm³/mol. The SMILES string of the molecule is N#CCNC(=O)C(Cc1cc(I)c(O)c(I)c1)NC(=O)c1ccc(OC(F)(F)F)cc1. The van der Waals surface area contributed by atoms with Crippen LogP contribution in [0.1, 0.15) is 15.9 Å². The molecule has 0 heterocycles. The summed E-state index contributed by atoms with van der Waals surface area (Å²) >= 11 is 3.86. The van der Waals surface area contributed by atoms with Crippen LogP contribution in [0.4, 0.5) is 13.2 Å². The molecule has 0 saturated carbocycles.